The van der Waals surface area contributed by atoms with Gasteiger partial charge in [0.1, 0.15) is 0 Å². The number of piperazine rings is 1. The standard InChI is InChI=1S/C18H25N7O/c19-17-16(13-21-18(20)22-17)25-6-4-23(5-7-25)14-2-1-3-15(12-14)24-8-10-26-11-9-24/h1-3,12-13H,4-11H2,(H4,19,20,21,22). The highest BCUT2D eigenvalue weighted by Gasteiger charge is 2.21. The number of nitrogens with two attached hydrogens (primary N) is 2. The van der Waals surface area contributed by atoms with Gasteiger partial charge in [-0.1, -0.05) is 6.07 Å². The SMILES string of the molecule is Nc1ncc(N2CCN(c3cccc(N4CCOCC4)c3)CC2)c(N)n1. The van der Waals surface area contributed by atoms with Crippen LogP contribution in [0.2, 0.25) is 0 Å². The average molecular weight is 355 g/mol. The molecule has 4 rings (SSSR count). The first-order chi connectivity index (χ1) is 12.7. The fourth-order valence-corrected chi connectivity index (χ4v) is 3.56. The largest absolute Gasteiger partial charge is 0.382 e. The molecule has 138 valence electrons. The van der Waals surface area contributed by atoms with Crippen molar-refractivity contribution in [2.45, 2.75) is 0 Å². The van der Waals surface area contributed by atoms with Gasteiger partial charge in [-0.25, -0.2) is 4.98 Å². The molecule has 2 saturated heterocycles. The Balaban J connectivity index is 1.43. The van der Waals surface area contributed by atoms with Crippen LogP contribution in [0.3, 0.4) is 0 Å². The van der Waals surface area contributed by atoms with E-state index in [1.807, 2.05) is 0 Å². The summed E-state index contributed by atoms with van der Waals surface area (Å²) in [6.45, 7) is 7.11. The number of hydrogen-bond donors (Lipinski definition) is 2. The van der Waals surface area contributed by atoms with Crippen molar-refractivity contribution in [3.8, 4) is 0 Å². The first-order valence-electron chi connectivity index (χ1n) is 9.01. The van der Waals surface area contributed by atoms with E-state index in [0.717, 1.165) is 58.2 Å². The maximum atomic E-state index is 6.00. The topological polar surface area (TPSA) is 96.8 Å². The van der Waals surface area contributed by atoms with Crippen molar-refractivity contribution in [3.63, 3.8) is 0 Å². The van der Waals surface area contributed by atoms with Crippen LogP contribution >= 0.6 is 0 Å². The maximum absolute atomic E-state index is 6.00. The molecule has 4 N–H and O–H groups in total. The highest BCUT2D eigenvalue weighted by atomic mass is 16.5. The molecule has 2 aliphatic heterocycles. The predicted molar refractivity (Wildman–Crippen MR) is 105 cm³/mol. The molecule has 2 aromatic rings. The number of rotatable bonds is 3. The molecule has 0 bridgehead atoms. The molecule has 2 aliphatic rings. The van der Waals surface area contributed by atoms with Crippen LogP contribution < -0.4 is 26.2 Å². The number of aromatic nitrogens is 2. The summed E-state index contributed by atoms with van der Waals surface area (Å²) in [7, 11) is 0. The molecule has 0 amide bonds. The second kappa shape index (κ2) is 7.25. The van der Waals surface area contributed by atoms with E-state index in [1.165, 1.54) is 11.4 Å². The van der Waals surface area contributed by atoms with Crippen LogP contribution in [-0.2, 0) is 4.74 Å². The van der Waals surface area contributed by atoms with E-state index in [4.69, 9.17) is 16.2 Å². The molecule has 1 aromatic heterocycles. The molecule has 0 saturated carbocycles. The number of nitrogens with zero attached hydrogens (tertiary/aromatic N) is 5. The number of morpholine rings is 1. The monoisotopic (exact) mass is 355 g/mol. The quantitative estimate of drug-likeness (QED) is 0.835. The van der Waals surface area contributed by atoms with Crippen molar-refractivity contribution in [3.05, 3.63) is 30.5 Å². The molecule has 0 atom stereocenters. The average Bonchev–Trinajstić information content (AvgIpc) is 2.69. The van der Waals surface area contributed by atoms with Crippen LogP contribution in [-0.4, -0.2) is 62.5 Å². The lowest BCUT2D eigenvalue weighted by atomic mass is 10.2. The molecular formula is C18H25N7O. The van der Waals surface area contributed by atoms with Gasteiger partial charge in [0.05, 0.1) is 25.1 Å². The molecule has 26 heavy (non-hydrogen) atoms. The second-order valence-corrected chi connectivity index (χ2v) is 6.59. The molecule has 0 radical (unpaired) electrons. The molecular weight excluding hydrogens is 330 g/mol. The Bertz CT molecular complexity index is 755. The minimum atomic E-state index is 0.213. The smallest absolute Gasteiger partial charge is 0.222 e. The first kappa shape index (κ1) is 16.7. The normalized spacial score (nSPS) is 18.2. The van der Waals surface area contributed by atoms with Gasteiger partial charge < -0.3 is 30.9 Å². The maximum Gasteiger partial charge on any atom is 0.222 e. The third-order valence-corrected chi connectivity index (χ3v) is 5.01. The summed E-state index contributed by atoms with van der Waals surface area (Å²) < 4.78 is 5.45. The van der Waals surface area contributed by atoms with Gasteiger partial charge in [0.15, 0.2) is 5.82 Å². The van der Waals surface area contributed by atoms with Gasteiger partial charge in [-0.15, -0.1) is 0 Å². The minimum absolute atomic E-state index is 0.213. The summed E-state index contributed by atoms with van der Waals surface area (Å²) in [5, 5.41) is 0. The number of benzene rings is 1. The minimum Gasteiger partial charge on any atom is -0.382 e. The summed E-state index contributed by atoms with van der Waals surface area (Å²) >= 11 is 0. The van der Waals surface area contributed by atoms with Crippen molar-refractivity contribution < 1.29 is 4.74 Å². The second-order valence-electron chi connectivity index (χ2n) is 6.59. The molecule has 8 heteroatoms. The van der Waals surface area contributed by atoms with Gasteiger partial charge in [-0.3, -0.25) is 0 Å². The third-order valence-electron chi connectivity index (χ3n) is 5.01. The van der Waals surface area contributed by atoms with Crippen LogP contribution in [0.5, 0.6) is 0 Å². The number of ether oxygens (including phenoxy) is 1. The molecule has 0 aliphatic carbocycles. The molecule has 1 aromatic carbocycles. The van der Waals surface area contributed by atoms with Gasteiger partial charge in [0.2, 0.25) is 5.95 Å². The Morgan fingerprint density at radius 1 is 0.846 bits per heavy atom. The molecule has 3 heterocycles. The van der Waals surface area contributed by atoms with Crippen LogP contribution in [0.4, 0.5) is 28.8 Å². The summed E-state index contributed by atoms with van der Waals surface area (Å²) in [6, 6.07) is 8.78. The van der Waals surface area contributed by atoms with Gasteiger partial charge in [0.25, 0.3) is 0 Å². The highest BCUT2D eigenvalue weighted by Crippen LogP contribution is 2.27. The molecule has 0 spiro atoms. The Morgan fingerprint density at radius 3 is 2.12 bits per heavy atom. The van der Waals surface area contributed by atoms with E-state index in [2.05, 4.69) is 48.9 Å². The lowest BCUT2D eigenvalue weighted by Crippen LogP contribution is -2.47. The Labute approximate surface area is 153 Å². The van der Waals surface area contributed by atoms with Crippen LogP contribution in [0.1, 0.15) is 0 Å². The summed E-state index contributed by atoms with van der Waals surface area (Å²) in [5.41, 5.74) is 15.0. The zero-order chi connectivity index (χ0) is 17.9. The summed E-state index contributed by atoms with van der Waals surface area (Å²) in [4.78, 5) is 15.1. The summed E-state index contributed by atoms with van der Waals surface area (Å²) in [5.74, 6) is 0.657. The van der Waals surface area contributed by atoms with Gasteiger partial charge in [-0.05, 0) is 18.2 Å². The Kier molecular flexibility index (Phi) is 4.66. The lowest BCUT2D eigenvalue weighted by molar-refractivity contribution is 0.122. The Morgan fingerprint density at radius 2 is 1.46 bits per heavy atom. The van der Waals surface area contributed by atoms with Crippen molar-refractivity contribution in [1.29, 1.82) is 0 Å². The van der Waals surface area contributed by atoms with Crippen molar-refractivity contribution in [2.24, 2.45) is 0 Å². The van der Waals surface area contributed by atoms with Crippen LogP contribution in [0.15, 0.2) is 30.5 Å². The Hall–Kier alpha value is -2.74. The van der Waals surface area contributed by atoms with Gasteiger partial charge in [0, 0.05) is 50.6 Å². The van der Waals surface area contributed by atoms with E-state index >= 15 is 0 Å². The molecule has 0 unspecified atom stereocenters. The number of nitrogen functional groups attached to an aromatic ring is 2. The molecule has 8 nitrogen and oxygen atoms in total. The lowest BCUT2D eigenvalue weighted by Gasteiger charge is -2.38. The van der Waals surface area contributed by atoms with Crippen LogP contribution in [0.25, 0.3) is 0 Å². The van der Waals surface area contributed by atoms with Gasteiger partial charge >= 0.3 is 0 Å². The number of hydrogen-bond acceptors (Lipinski definition) is 8. The van der Waals surface area contributed by atoms with Crippen LogP contribution in [0, 0.1) is 0 Å². The fraction of sp³-hybridized carbons (Fsp3) is 0.444. The van der Waals surface area contributed by atoms with Crippen molar-refractivity contribution in [2.75, 3.05) is 78.6 Å². The highest BCUT2D eigenvalue weighted by molar-refractivity contribution is 5.65. The van der Waals surface area contributed by atoms with E-state index in [-0.39, 0.29) is 5.95 Å². The zero-order valence-electron chi connectivity index (χ0n) is 14.8. The van der Waals surface area contributed by atoms with Gasteiger partial charge in [-0.2, -0.15) is 4.98 Å². The van der Waals surface area contributed by atoms with E-state index < -0.39 is 0 Å². The fourth-order valence-electron chi connectivity index (χ4n) is 3.56. The van der Waals surface area contributed by atoms with Crippen molar-refractivity contribution >= 4 is 28.8 Å². The zero-order valence-corrected chi connectivity index (χ0v) is 14.8. The third kappa shape index (κ3) is 3.45. The molecule has 2 fully saturated rings. The first-order valence-corrected chi connectivity index (χ1v) is 9.01. The number of anilines is 5. The van der Waals surface area contributed by atoms with E-state index in [9.17, 15) is 0 Å². The summed E-state index contributed by atoms with van der Waals surface area (Å²) in [6.07, 6.45) is 1.71. The van der Waals surface area contributed by atoms with E-state index in [1.54, 1.807) is 6.20 Å². The van der Waals surface area contributed by atoms with Crippen molar-refractivity contribution in [1.82, 2.24) is 9.97 Å². The van der Waals surface area contributed by atoms with E-state index in [0.29, 0.717) is 5.82 Å². The predicted octanol–water partition coefficient (Wildman–Crippen LogP) is 0.804.